The number of hydrogen-bond donors (Lipinski definition) is 3. The summed E-state index contributed by atoms with van der Waals surface area (Å²) in [4.78, 5) is 37.8. The van der Waals surface area contributed by atoms with Crippen LogP contribution in [-0.4, -0.2) is 48.7 Å². The van der Waals surface area contributed by atoms with E-state index in [-0.39, 0.29) is 52.9 Å². The molecule has 0 saturated heterocycles. The zero-order valence-corrected chi connectivity index (χ0v) is 21.9. The standard InChI is InChI=1S/C28H39FN2O6/c1-4-15(2)14-30-27(33)24-17-5-6-18(11-17)25(24)31-26(32)20-12-23(21(29)13-22(20)36-3)37-19-9-7-16(8-10-19)28(34)35/h12-13,15-19,24-25H,4-11,14H2,1-3H3,(H,30,33)(H,31,32)(H,34,35). The van der Waals surface area contributed by atoms with Gasteiger partial charge in [0, 0.05) is 18.7 Å². The molecule has 4 rings (SSSR count). The molecule has 3 aliphatic carbocycles. The minimum atomic E-state index is -0.819. The Bertz CT molecular complexity index is 1010. The van der Waals surface area contributed by atoms with E-state index in [0.717, 1.165) is 31.7 Å². The molecule has 0 spiro atoms. The molecule has 2 amide bonds. The lowest BCUT2D eigenvalue weighted by Crippen LogP contribution is -2.50. The molecule has 3 saturated carbocycles. The lowest BCUT2D eigenvalue weighted by atomic mass is 9.83. The maximum absolute atomic E-state index is 14.8. The van der Waals surface area contributed by atoms with Crippen LogP contribution in [0.5, 0.6) is 11.5 Å². The minimum absolute atomic E-state index is 0.00939. The van der Waals surface area contributed by atoms with Crippen molar-refractivity contribution in [2.24, 2.45) is 29.6 Å². The molecule has 3 fully saturated rings. The maximum atomic E-state index is 14.8. The summed E-state index contributed by atoms with van der Waals surface area (Å²) < 4.78 is 26.0. The molecule has 1 aromatic rings. The molecule has 9 heteroatoms. The summed E-state index contributed by atoms with van der Waals surface area (Å²) in [6.07, 6.45) is 5.47. The molecule has 5 atom stereocenters. The highest BCUT2D eigenvalue weighted by atomic mass is 19.1. The Kier molecular flexibility index (Phi) is 8.60. The number of rotatable bonds is 10. The zero-order valence-electron chi connectivity index (χ0n) is 21.9. The van der Waals surface area contributed by atoms with Crippen LogP contribution in [0.3, 0.4) is 0 Å². The van der Waals surface area contributed by atoms with E-state index in [9.17, 15) is 23.9 Å². The van der Waals surface area contributed by atoms with Gasteiger partial charge in [-0.05, 0) is 68.8 Å². The molecule has 2 bridgehead atoms. The second kappa shape index (κ2) is 11.7. The maximum Gasteiger partial charge on any atom is 0.306 e. The number of carbonyl (C=O) groups is 3. The fourth-order valence-corrected chi connectivity index (χ4v) is 6.22. The lowest BCUT2D eigenvalue weighted by Gasteiger charge is -2.31. The summed E-state index contributed by atoms with van der Waals surface area (Å²) >= 11 is 0. The van der Waals surface area contributed by atoms with Crippen LogP contribution in [0.1, 0.15) is 75.6 Å². The fourth-order valence-electron chi connectivity index (χ4n) is 6.22. The number of methoxy groups -OCH3 is 1. The fraction of sp³-hybridized carbons (Fsp3) is 0.679. The van der Waals surface area contributed by atoms with Gasteiger partial charge in [0.1, 0.15) is 5.75 Å². The van der Waals surface area contributed by atoms with E-state index < -0.39 is 23.6 Å². The monoisotopic (exact) mass is 518 g/mol. The van der Waals surface area contributed by atoms with Gasteiger partial charge in [-0.3, -0.25) is 14.4 Å². The summed E-state index contributed by atoms with van der Waals surface area (Å²) in [5.74, 6) is -1.66. The van der Waals surface area contributed by atoms with Gasteiger partial charge in [0.05, 0.1) is 30.6 Å². The van der Waals surface area contributed by atoms with Crippen molar-refractivity contribution in [2.75, 3.05) is 13.7 Å². The quantitative estimate of drug-likeness (QED) is 0.429. The van der Waals surface area contributed by atoms with E-state index in [4.69, 9.17) is 9.47 Å². The number of nitrogens with one attached hydrogen (secondary N) is 2. The number of benzene rings is 1. The molecule has 3 aliphatic rings. The Hall–Kier alpha value is -2.84. The molecule has 0 aromatic heterocycles. The first kappa shape index (κ1) is 27.2. The molecule has 5 unspecified atom stereocenters. The first-order valence-electron chi connectivity index (χ1n) is 13.6. The Morgan fingerprint density at radius 3 is 2.43 bits per heavy atom. The third-order valence-electron chi connectivity index (χ3n) is 8.65. The number of aliphatic carboxylic acids is 1. The van der Waals surface area contributed by atoms with Crippen LogP contribution in [0.15, 0.2) is 12.1 Å². The summed E-state index contributed by atoms with van der Waals surface area (Å²) in [7, 11) is 1.38. The van der Waals surface area contributed by atoms with Crippen molar-refractivity contribution in [3.8, 4) is 11.5 Å². The Labute approximate surface area is 217 Å². The van der Waals surface area contributed by atoms with Gasteiger partial charge in [0.25, 0.3) is 5.91 Å². The van der Waals surface area contributed by atoms with Gasteiger partial charge in [-0.2, -0.15) is 0 Å². The smallest absolute Gasteiger partial charge is 0.306 e. The number of carboxylic acid groups (broad SMARTS) is 1. The van der Waals surface area contributed by atoms with Gasteiger partial charge < -0.3 is 25.2 Å². The van der Waals surface area contributed by atoms with Crippen LogP contribution in [0.25, 0.3) is 0 Å². The molecule has 1 aromatic carbocycles. The van der Waals surface area contributed by atoms with Crippen LogP contribution in [0, 0.1) is 35.4 Å². The average Bonchev–Trinajstić information content (AvgIpc) is 3.50. The van der Waals surface area contributed by atoms with E-state index >= 15 is 0 Å². The Morgan fingerprint density at radius 1 is 1.08 bits per heavy atom. The Balaban J connectivity index is 1.47. The van der Waals surface area contributed by atoms with Crippen molar-refractivity contribution >= 4 is 17.8 Å². The molecule has 0 aliphatic heterocycles. The predicted molar refractivity (Wildman–Crippen MR) is 135 cm³/mol. The highest BCUT2D eigenvalue weighted by Crippen LogP contribution is 2.49. The number of amides is 2. The predicted octanol–water partition coefficient (Wildman–Crippen LogP) is 4.16. The van der Waals surface area contributed by atoms with Crippen LogP contribution >= 0.6 is 0 Å². The van der Waals surface area contributed by atoms with Gasteiger partial charge in [-0.25, -0.2) is 4.39 Å². The zero-order chi connectivity index (χ0) is 26.7. The largest absolute Gasteiger partial charge is 0.496 e. The van der Waals surface area contributed by atoms with Crippen LogP contribution in [0.2, 0.25) is 0 Å². The van der Waals surface area contributed by atoms with Crippen molar-refractivity contribution in [3.05, 3.63) is 23.5 Å². The van der Waals surface area contributed by atoms with E-state index in [2.05, 4.69) is 24.5 Å². The number of hydrogen-bond acceptors (Lipinski definition) is 5. The second-order valence-corrected chi connectivity index (χ2v) is 11.0. The minimum Gasteiger partial charge on any atom is -0.496 e. The van der Waals surface area contributed by atoms with Crippen LogP contribution in [0.4, 0.5) is 4.39 Å². The van der Waals surface area contributed by atoms with Crippen LogP contribution in [-0.2, 0) is 9.59 Å². The van der Waals surface area contributed by atoms with Gasteiger partial charge >= 0.3 is 5.97 Å². The molecule has 8 nitrogen and oxygen atoms in total. The SMILES string of the molecule is CCC(C)CNC(=O)C1C2CCC(C2)C1NC(=O)c1cc(OC2CCC(C(=O)O)CC2)c(F)cc1OC. The van der Waals surface area contributed by atoms with Gasteiger partial charge in [0.15, 0.2) is 11.6 Å². The molecule has 204 valence electrons. The van der Waals surface area contributed by atoms with E-state index in [1.54, 1.807) is 0 Å². The third kappa shape index (κ3) is 6.02. The van der Waals surface area contributed by atoms with Gasteiger partial charge in [-0.15, -0.1) is 0 Å². The first-order valence-corrected chi connectivity index (χ1v) is 13.6. The highest BCUT2D eigenvalue weighted by molar-refractivity contribution is 5.98. The van der Waals surface area contributed by atoms with E-state index in [1.165, 1.54) is 13.2 Å². The molecular weight excluding hydrogens is 479 g/mol. The van der Waals surface area contributed by atoms with E-state index in [1.807, 2.05) is 0 Å². The second-order valence-electron chi connectivity index (χ2n) is 11.0. The highest BCUT2D eigenvalue weighted by Gasteiger charge is 2.51. The molecular formula is C28H39FN2O6. The Morgan fingerprint density at radius 2 is 1.78 bits per heavy atom. The van der Waals surface area contributed by atoms with Crippen LogP contribution < -0.4 is 20.1 Å². The van der Waals surface area contributed by atoms with Gasteiger partial charge in [0.2, 0.25) is 5.91 Å². The number of ether oxygens (including phenoxy) is 2. The molecule has 0 radical (unpaired) electrons. The number of halogens is 1. The van der Waals surface area contributed by atoms with Gasteiger partial charge in [-0.1, -0.05) is 20.3 Å². The number of fused-ring (bicyclic) bond motifs is 2. The summed E-state index contributed by atoms with van der Waals surface area (Å²) in [6.45, 7) is 4.80. The van der Waals surface area contributed by atoms with Crippen molar-refractivity contribution in [1.82, 2.24) is 10.6 Å². The number of carboxylic acids is 1. The van der Waals surface area contributed by atoms with Crippen molar-refractivity contribution in [2.45, 2.75) is 77.4 Å². The third-order valence-corrected chi connectivity index (χ3v) is 8.65. The summed E-state index contributed by atoms with van der Waals surface area (Å²) in [6, 6.07) is 2.22. The topological polar surface area (TPSA) is 114 Å². The molecule has 0 heterocycles. The van der Waals surface area contributed by atoms with Crippen molar-refractivity contribution < 1.29 is 33.4 Å². The van der Waals surface area contributed by atoms with E-state index in [0.29, 0.717) is 38.1 Å². The first-order chi connectivity index (χ1) is 17.7. The van der Waals surface area contributed by atoms with Crippen molar-refractivity contribution in [3.63, 3.8) is 0 Å². The van der Waals surface area contributed by atoms with Crippen molar-refractivity contribution in [1.29, 1.82) is 0 Å². The normalized spacial score (nSPS) is 29.4. The number of carbonyl (C=O) groups excluding carboxylic acids is 2. The summed E-state index contributed by atoms with van der Waals surface area (Å²) in [5.41, 5.74) is 0.152. The average molecular weight is 519 g/mol. The molecule has 3 N–H and O–H groups in total. The summed E-state index contributed by atoms with van der Waals surface area (Å²) in [5, 5.41) is 15.4. The lowest BCUT2D eigenvalue weighted by molar-refractivity contribution is -0.143. The molecule has 37 heavy (non-hydrogen) atoms.